The number of carbonyl (C=O) groups is 2. The number of pyridine rings is 1. The Bertz CT molecular complexity index is 2080. The molecule has 2 aliphatic rings. The van der Waals surface area contributed by atoms with Crippen LogP contribution in [0.1, 0.15) is 72.8 Å². The maximum absolute atomic E-state index is 13.5. The van der Waals surface area contributed by atoms with Crippen LogP contribution in [0.5, 0.6) is 0 Å². The lowest BCUT2D eigenvalue weighted by Gasteiger charge is -2.39. The van der Waals surface area contributed by atoms with E-state index in [4.69, 9.17) is 0 Å². The Balaban J connectivity index is 1.42. The second-order valence-corrected chi connectivity index (χ2v) is 13.6. The molecule has 4 nitrogen and oxygen atoms in total. The number of nitrogens with zero attached hydrogens (tertiary/aromatic N) is 2. The highest BCUT2D eigenvalue weighted by Crippen LogP contribution is 2.56. The summed E-state index contributed by atoms with van der Waals surface area (Å²) in [5, 5.41) is 0.766. The van der Waals surface area contributed by atoms with Gasteiger partial charge in [0, 0.05) is 27.6 Å². The van der Waals surface area contributed by atoms with Crippen molar-refractivity contribution in [3.8, 4) is 11.1 Å². The average molecular weight is 635 g/mol. The van der Waals surface area contributed by atoms with Gasteiger partial charge < -0.3 is 0 Å². The minimum Gasteiger partial charge on any atom is -0.288 e. The van der Waals surface area contributed by atoms with Gasteiger partial charge in [-0.1, -0.05) is 61.9 Å². The molecule has 7 rings (SSSR count). The number of anilines is 3. The van der Waals surface area contributed by atoms with E-state index < -0.39 is 17.2 Å². The van der Waals surface area contributed by atoms with Crippen LogP contribution >= 0.6 is 11.3 Å². The van der Waals surface area contributed by atoms with E-state index in [2.05, 4.69) is 57.8 Å². The molecule has 0 N–H and O–H groups in total. The largest absolute Gasteiger partial charge is 0.417 e. The Hall–Kier alpha value is -4.82. The highest BCUT2D eigenvalue weighted by atomic mass is 32.1. The molecule has 0 radical (unpaired) electrons. The predicted octanol–water partition coefficient (Wildman–Crippen LogP) is 10.3. The average Bonchev–Trinajstić information content (AvgIpc) is 3.53. The quantitative estimate of drug-likeness (QED) is 0.146. The number of allylic oxidation sites excluding steroid dienone is 1. The molecule has 0 bridgehead atoms. The highest BCUT2D eigenvalue weighted by molar-refractivity contribution is 7.17. The van der Waals surface area contributed by atoms with Gasteiger partial charge >= 0.3 is 6.18 Å². The first kappa shape index (κ1) is 29.9. The molecule has 0 unspecified atom stereocenters. The van der Waals surface area contributed by atoms with Crippen LogP contribution in [-0.2, 0) is 11.6 Å². The van der Waals surface area contributed by atoms with E-state index in [1.807, 2.05) is 23.1 Å². The Kier molecular flexibility index (Phi) is 6.72. The highest BCUT2D eigenvalue weighted by Gasteiger charge is 2.40. The van der Waals surface area contributed by atoms with Crippen LogP contribution in [0.2, 0.25) is 0 Å². The van der Waals surface area contributed by atoms with Crippen LogP contribution in [0.3, 0.4) is 0 Å². The van der Waals surface area contributed by atoms with Gasteiger partial charge in [-0.2, -0.15) is 13.2 Å². The second kappa shape index (κ2) is 10.4. The number of Topliss-reactive ketones (excluding diaryl/α,β-unsaturated/α-hetero) is 2. The fourth-order valence-corrected chi connectivity index (χ4v) is 8.11. The lowest BCUT2D eigenvalue weighted by atomic mass is 9.74. The Morgan fingerprint density at radius 2 is 1.48 bits per heavy atom. The summed E-state index contributed by atoms with van der Waals surface area (Å²) in [6.45, 7) is 10.5. The number of carbonyl (C=O) groups excluding carboxylic acids is 2. The van der Waals surface area contributed by atoms with Crippen molar-refractivity contribution in [1.82, 2.24) is 4.98 Å². The summed E-state index contributed by atoms with van der Waals surface area (Å²) in [6.07, 6.45) is -2.03. The maximum Gasteiger partial charge on any atom is 0.417 e. The van der Waals surface area contributed by atoms with Crippen molar-refractivity contribution in [3.05, 3.63) is 134 Å². The molecule has 46 heavy (non-hydrogen) atoms. The normalized spacial score (nSPS) is 15.1. The fraction of sp³-hybridized carbons (Fsp3) is 0.184. The molecule has 0 fully saturated rings. The smallest absolute Gasteiger partial charge is 0.288 e. The van der Waals surface area contributed by atoms with Crippen LogP contribution in [0.15, 0.2) is 84.6 Å². The third kappa shape index (κ3) is 4.62. The molecule has 0 saturated carbocycles. The molecular weight excluding hydrogens is 605 g/mol. The molecule has 3 heterocycles. The lowest BCUT2D eigenvalue weighted by Crippen LogP contribution is -2.29. The lowest BCUT2D eigenvalue weighted by molar-refractivity contribution is -0.137. The van der Waals surface area contributed by atoms with E-state index in [0.717, 1.165) is 56.3 Å². The van der Waals surface area contributed by atoms with Gasteiger partial charge in [-0.15, -0.1) is 11.3 Å². The molecule has 5 aromatic rings. The summed E-state index contributed by atoms with van der Waals surface area (Å²) in [7, 11) is 0. The number of aryl methyl sites for hydroxylation is 3. The number of alkyl halides is 3. The summed E-state index contributed by atoms with van der Waals surface area (Å²) in [4.78, 5) is 33.3. The molecule has 0 atom stereocenters. The van der Waals surface area contributed by atoms with E-state index >= 15 is 0 Å². The van der Waals surface area contributed by atoms with Gasteiger partial charge in [-0.05, 0) is 90.6 Å². The van der Waals surface area contributed by atoms with Crippen molar-refractivity contribution in [2.24, 2.45) is 0 Å². The van der Waals surface area contributed by atoms with Crippen LogP contribution in [-0.4, -0.2) is 16.6 Å². The van der Waals surface area contributed by atoms with E-state index in [1.165, 1.54) is 23.0 Å². The molecule has 0 amide bonds. The zero-order valence-corrected chi connectivity index (χ0v) is 26.7. The summed E-state index contributed by atoms with van der Waals surface area (Å²) in [6, 6.07) is 21.7. The number of fused-ring (bicyclic) bond motifs is 3. The van der Waals surface area contributed by atoms with Gasteiger partial charge in [0.15, 0.2) is 11.6 Å². The van der Waals surface area contributed by atoms with E-state index in [0.29, 0.717) is 21.8 Å². The van der Waals surface area contributed by atoms with Gasteiger partial charge in [-0.3, -0.25) is 14.5 Å². The first-order chi connectivity index (χ1) is 21.8. The van der Waals surface area contributed by atoms with Gasteiger partial charge in [0.2, 0.25) is 0 Å². The Morgan fingerprint density at radius 3 is 2.07 bits per heavy atom. The Labute approximate surface area is 268 Å². The summed E-state index contributed by atoms with van der Waals surface area (Å²) in [5.74, 6) is -0.295. The minimum absolute atomic E-state index is 0.0990. The molecule has 0 saturated heterocycles. The number of benzene rings is 3. The van der Waals surface area contributed by atoms with Crippen LogP contribution in [0.4, 0.5) is 29.7 Å². The van der Waals surface area contributed by atoms with Crippen LogP contribution in [0.25, 0.3) is 17.2 Å². The number of halogens is 3. The molecule has 8 heteroatoms. The molecule has 1 aliphatic heterocycles. The molecular formula is C38H29F3N2O2S. The van der Waals surface area contributed by atoms with Crippen molar-refractivity contribution in [1.29, 1.82) is 0 Å². The molecule has 230 valence electrons. The van der Waals surface area contributed by atoms with E-state index in [9.17, 15) is 22.8 Å². The molecule has 3 aromatic carbocycles. The summed E-state index contributed by atoms with van der Waals surface area (Å²) >= 11 is 1.37. The van der Waals surface area contributed by atoms with Crippen molar-refractivity contribution in [3.63, 3.8) is 0 Å². The topological polar surface area (TPSA) is 50.3 Å². The number of thiophene rings is 1. The van der Waals surface area contributed by atoms with Crippen molar-refractivity contribution in [2.45, 2.75) is 46.2 Å². The van der Waals surface area contributed by atoms with Gasteiger partial charge in [0.25, 0.3) is 0 Å². The first-order valence-electron chi connectivity index (χ1n) is 14.9. The van der Waals surface area contributed by atoms with Crippen molar-refractivity contribution in [2.75, 3.05) is 4.90 Å². The van der Waals surface area contributed by atoms with E-state index in [1.54, 1.807) is 30.3 Å². The number of rotatable bonds is 3. The summed E-state index contributed by atoms with van der Waals surface area (Å²) < 4.78 is 40.4. The number of hydrogen-bond acceptors (Lipinski definition) is 5. The molecule has 1 aliphatic carbocycles. The van der Waals surface area contributed by atoms with E-state index in [-0.39, 0.29) is 17.1 Å². The second-order valence-electron chi connectivity index (χ2n) is 12.5. The van der Waals surface area contributed by atoms with Crippen molar-refractivity contribution >= 4 is 45.5 Å². The predicted molar refractivity (Wildman–Crippen MR) is 177 cm³/mol. The monoisotopic (exact) mass is 634 g/mol. The molecule has 0 spiro atoms. The zero-order valence-electron chi connectivity index (χ0n) is 25.8. The molecule has 2 aromatic heterocycles. The third-order valence-electron chi connectivity index (χ3n) is 8.98. The van der Waals surface area contributed by atoms with Crippen LogP contribution < -0.4 is 4.90 Å². The van der Waals surface area contributed by atoms with Crippen LogP contribution in [0, 0.1) is 20.8 Å². The fourth-order valence-electron chi connectivity index (χ4n) is 6.82. The summed E-state index contributed by atoms with van der Waals surface area (Å²) in [5.41, 5.74) is 7.90. The van der Waals surface area contributed by atoms with Gasteiger partial charge in [-0.25, -0.2) is 4.98 Å². The van der Waals surface area contributed by atoms with Gasteiger partial charge in [0.05, 0.1) is 16.8 Å². The zero-order chi connectivity index (χ0) is 32.7. The van der Waals surface area contributed by atoms with Crippen molar-refractivity contribution < 1.29 is 22.8 Å². The first-order valence-corrected chi connectivity index (χ1v) is 15.7. The standard InChI is InChI=1S/C38H29F3N2O2S/c1-20-14-21(2)33(22(3)15-20)23-10-12-31-29(16-23)37(4,5)30-18-25(17-28-34(44)26-8-6-7-9-27(26)35(28)45)46-36(30)43(31)32-13-11-24(19-42-32)38(39,40)41/h6-19H,1-5H3. The third-order valence-corrected chi connectivity index (χ3v) is 10.0. The number of hydrogen-bond donors (Lipinski definition) is 0. The maximum atomic E-state index is 13.5. The minimum atomic E-state index is -4.52. The SMILES string of the molecule is Cc1cc(C)c(-c2ccc3c(c2)C(C)(C)c2cc(C=C4C(=O)c5ccccc5C4=O)sc2N3c2ccc(C(F)(F)F)cn2)c(C)c1. The Morgan fingerprint density at radius 1 is 0.826 bits per heavy atom. The number of aromatic nitrogens is 1. The van der Waals surface area contributed by atoms with Gasteiger partial charge in [0.1, 0.15) is 10.8 Å². The number of ketones is 2.